The molecule has 0 aliphatic heterocycles. The van der Waals surface area contributed by atoms with E-state index in [0.29, 0.717) is 0 Å². The molecule has 1 nitrogen and oxygen atoms in total. The Morgan fingerprint density at radius 1 is 1.08 bits per heavy atom. The summed E-state index contributed by atoms with van der Waals surface area (Å²) in [4.78, 5) is 0. The van der Waals surface area contributed by atoms with E-state index in [9.17, 15) is 0 Å². The van der Waals surface area contributed by atoms with Crippen molar-refractivity contribution in [3.05, 3.63) is 0 Å². The Morgan fingerprint density at radius 3 is 2.23 bits per heavy atom. The minimum Gasteiger partial charge on any atom is -0.330 e. The highest BCUT2D eigenvalue weighted by atomic mass is 32.2. The van der Waals surface area contributed by atoms with Crippen molar-refractivity contribution < 1.29 is 0 Å². The van der Waals surface area contributed by atoms with E-state index in [1.165, 1.54) is 32.1 Å². The topological polar surface area (TPSA) is 26.0 Å². The third-order valence-electron chi connectivity index (χ3n) is 2.73. The standard InChI is InChI=1S/C10H21NS2/c11-8-4-2-1-3-7-10(12,13)9-5-6-9/h9,12-13H,1-8,11H2. The maximum Gasteiger partial charge on any atom is 0.0579 e. The second kappa shape index (κ2) is 5.52. The second-order valence-electron chi connectivity index (χ2n) is 4.11. The SMILES string of the molecule is NCCCCCCC(S)(S)C1CC1. The van der Waals surface area contributed by atoms with Crippen molar-refractivity contribution >= 4 is 25.3 Å². The van der Waals surface area contributed by atoms with Crippen LogP contribution < -0.4 is 5.73 Å². The number of rotatable bonds is 7. The molecule has 0 aromatic rings. The van der Waals surface area contributed by atoms with Crippen molar-refractivity contribution in [3.8, 4) is 0 Å². The molecule has 0 radical (unpaired) electrons. The fourth-order valence-corrected chi connectivity index (χ4v) is 2.47. The first-order valence-corrected chi connectivity index (χ1v) is 6.21. The van der Waals surface area contributed by atoms with Crippen LogP contribution in [0, 0.1) is 5.92 Å². The lowest BCUT2D eigenvalue weighted by Crippen LogP contribution is -2.15. The summed E-state index contributed by atoms with van der Waals surface area (Å²) >= 11 is 9.22. The van der Waals surface area contributed by atoms with Crippen LogP contribution in [0.1, 0.15) is 44.9 Å². The van der Waals surface area contributed by atoms with Crippen LogP contribution in [-0.4, -0.2) is 10.6 Å². The quantitative estimate of drug-likeness (QED) is 0.343. The molecule has 2 N–H and O–H groups in total. The van der Waals surface area contributed by atoms with Gasteiger partial charge in [0.1, 0.15) is 0 Å². The first kappa shape index (κ1) is 11.7. The van der Waals surface area contributed by atoms with Gasteiger partial charge in [-0.1, -0.05) is 19.3 Å². The largest absolute Gasteiger partial charge is 0.330 e. The van der Waals surface area contributed by atoms with Gasteiger partial charge in [0, 0.05) is 0 Å². The Morgan fingerprint density at radius 2 is 1.69 bits per heavy atom. The highest BCUT2D eigenvalue weighted by Gasteiger charge is 2.38. The third-order valence-corrected chi connectivity index (χ3v) is 3.91. The Balaban J connectivity index is 1.97. The van der Waals surface area contributed by atoms with Crippen molar-refractivity contribution in [1.82, 2.24) is 0 Å². The van der Waals surface area contributed by atoms with Gasteiger partial charge in [0.2, 0.25) is 0 Å². The summed E-state index contributed by atoms with van der Waals surface area (Å²) in [5.74, 6) is 0.772. The number of hydrogen-bond donors (Lipinski definition) is 3. The minimum atomic E-state index is 0.0166. The van der Waals surface area contributed by atoms with Crippen LogP contribution in [0.3, 0.4) is 0 Å². The lowest BCUT2D eigenvalue weighted by atomic mass is 10.1. The molecule has 13 heavy (non-hydrogen) atoms. The van der Waals surface area contributed by atoms with Crippen LogP contribution >= 0.6 is 25.3 Å². The monoisotopic (exact) mass is 219 g/mol. The summed E-state index contributed by atoms with van der Waals surface area (Å²) in [6.07, 6.45) is 8.77. The minimum absolute atomic E-state index is 0.0166. The molecule has 1 fully saturated rings. The highest BCUT2D eigenvalue weighted by molar-refractivity contribution is 8.00. The van der Waals surface area contributed by atoms with E-state index in [4.69, 9.17) is 5.73 Å². The summed E-state index contributed by atoms with van der Waals surface area (Å²) in [6.45, 7) is 0.829. The van der Waals surface area contributed by atoms with Crippen LogP contribution in [-0.2, 0) is 0 Å². The zero-order valence-electron chi connectivity index (χ0n) is 8.21. The molecule has 78 valence electrons. The van der Waals surface area contributed by atoms with Crippen molar-refractivity contribution in [2.45, 2.75) is 49.0 Å². The zero-order chi connectivity index (χ0) is 9.73. The average molecular weight is 219 g/mol. The molecule has 1 saturated carbocycles. The average Bonchev–Trinajstić information content (AvgIpc) is 2.86. The fraction of sp³-hybridized carbons (Fsp3) is 1.00. The highest BCUT2D eigenvalue weighted by Crippen LogP contribution is 2.48. The maximum absolute atomic E-state index is 5.42. The molecule has 0 unspecified atom stereocenters. The van der Waals surface area contributed by atoms with Crippen LogP contribution in [0.5, 0.6) is 0 Å². The van der Waals surface area contributed by atoms with Crippen molar-refractivity contribution in [3.63, 3.8) is 0 Å². The van der Waals surface area contributed by atoms with E-state index in [1.807, 2.05) is 0 Å². The fourth-order valence-electron chi connectivity index (χ4n) is 1.63. The van der Waals surface area contributed by atoms with Gasteiger partial charge in [-0.2, -0.15) is 25.3 Å². The Hall–Kier alpha value is 0.660. The van der Waals surface area contributed by atoms with Crippen LogP contribution in [0.2, 0.25) is 0 Å². The molecular formula is C10H21NS2. The molecule has 1 aliphatic rings. The summed E-state index contributed by atoms with van der Waals surface area (Å²) in [5.41, 5.74) is 5.42. The number of hydrogen-bond acceptors (Lipinski definition) is 3. The van der Waals surface area contributed by atoms with E-state index in [-0.39, 0.29) is 4.08 Å². The summed E-state index contributed by atoms with van der Waals surface area (Å²) in [6, 6.07) is 0. The van der Waals surface area contributed by atoms with Crippen LogP contribution in [0.25, 0.3) is 0 Å². The Bertz CT molecular complexity index is 144. The summed E-state index contributed by atoms with van der Waals surface area (Å²) in [7, 11) is 0. The van der Waals surface area contributed by atoms with Gasteiger partial charge < -0.3 is 5.73 Å². The molecule has 1 rings (SSSR count). The molecular weight excluding hydrogens is 198 g/mol. The summed E-state index contributed by atoms with van der Waals surface area (Å²) < 4.78 is 0.0166. The van der Waals surface area contributed by atoms with E-state index in [1.54, 1.807) is 0 Å². The molecule has 0 bridgehead atoms. The number of nitrogens with two attached hydrogens (primary N) is 1. The van der Waals surface area contributed by atoms with Gasteiger partial charge in [-0.3, -0.25) is 0 Å². The van der Waals surface area contributed by atoms with Crippen molar-refractivity contribution in [2.24, 2.45) is 11.7 Å². The molecule has 3 heteroatoms. The Labute approximate surface area is 92.7 Å². The van der Waals surface area contributed by atoms with Gasteiger partial charge in [-0.15, -0.1) is 0 Å². The zero-order valence-corrected chi connectivity index (χ0v) is 9.99. The normalized spacial score (nSPS) is 17.8. The van der Waals surface area contributed by atoms with Gasteiger partial charge in [0.05, 0.1) is 4.08 Å². The first-order valence-electron chi connectivity index (χ1n) is 5.31. The lowest BCUT2D eigenvalue weighted by Gasteiger charge is -2.21. The molecule has 0 atom stereocenters. The van der Waals surface area contributed by atoms with Gasteiger partial charge in [-0.25, -0.2) is 0 Å². The molecule has 0 aromatic heterocycles. The smallest absolute Gasteiger partial charge is 0.0579 e. The van der Waals surface area contributed by atoms with E-state index >= 15 is 0 Å². The predicted octanol–water partition coefficient (Wildman–Crippen LogP) is 2.86. The van der Waals surface area contributed by atoms with Gasteiger partial charge in [-0.05, 0) is 38.1 Å². The molecule has 0 spiro atoms. The van der Waals surface area contributed by atoms with E-state index in [0.717, 1.165) is 25.3 Å². The molecule has 0 amide bonds. The predicted molar refractivity (Wildman–Crippen MR) is 65.6 cm³/mol. The van der Waals surface area contributed by atoms with Crippen molar-refractivity contribution in [2.75, 3.05) is 6.54 Å². The Kier molecular flexibility index (Phi) is 4.98. The van der Waals surface area contributed by atoms with Crippen molar-refractivity contribution in [1.29, 1.82) is 0 Å². The van der Waals surface area contributed by atoms with Gasteiger partial charge in [0.15, 0.2) is 0 Å². The maximum atomic E-state index is 5.42. The number of thiol groups is 2. The lowest BCUT2D eigenvalue weighted by molar-refractivity contribution is 0.565. The molecule has 0 aromatic carbocycles. The molecule has 0 saturated heterocycles. The van der Waals surface area contributed by atoms with Crippen LogP contribution in [0.15, 0.2) is 0 Å². The van der Waals surface area contributed by atoms with Gasteiger partial charge >= 0.3 is 0 Å². The first-order chi connectivity index (χ1) is 6.17. The van der Waals surface area contributed by atoms with Gasteiger partial charge in [0.25, 0.3) is 0 Å². The molecule has 0 heterocycles. The number of unbranched alkanes of at least 4 members (excludes halogenated alkanes) is 3. The second-order valence-corrected chi connectivity index (χ2v) is 6.05. The summed E-state index contributed by atoms with van der Waals surface area (Å²) in [5, 5.41) is 0. The van der Waals surface area contributed by atoms with E-state index in [2.05, 4.69) is 25.3 Å². The molecule has 1 aliphatic carbocycles. The third kappa shape index (κ3) is 4.61. The van der Waals surface area contributed by atoms with Crippen LogP contribution in [0.4, 0.5) is 0 Å². The van der Waals surface area contributed by atoms with E-state index < -0.39 is 0 Å².